The van der Waals surface area contributed by atoms with Crippen molar-refractivity contribution in [2.45, 2.75) is 19.3 Å². The molecular weight excluding hydrogens is 108 g/mol. The van der Waals surface area contributed by atoms with Crippen molar-refractivity contribution in [1.82, 2.24) is 0 Å². The van der Waals surface area contributed by atoms with Crippen LogP contribution in [0.5, 0.6) is 0 Å². The van der Waals surface area contributed by atoms with Crippen LogP contribution in [0.3, 0.4) is 0 Å². The quantitative estimate of drug-likeness (QED) is 0.431. The molecule has 0 spiro atoms. The second-order valence-corrected chi connectivity index (χ2v) is 3.13. The van der Waals surface area contributed by atoms with Crippen LogP contribution in [0.1, 0.15) is 19.3 Å². The Kier molecular flexibility index (Phi) is 1.01. The Bertz CT molecular complexity index is 165. The van der Waals surface area contributed by atoms with Crippen LogP contribution in [0.25, 0.3) is 0 Å². The van der Waals surface area contributed by atoms with Crippen molar-refractivity contribution in [3.8, 4) is 0 Å². The maximum Gasteiger partial charge on any atom is 0.00370 e. The van der Waals surface area contributed by atoms with Crippen LogP contribution in [0.15, 0.2) is 24.3 Å². The van der Waals surface area contributed by atoms with E-state index in [-0.39, 0.29) is 0 Å². The molecule has 0 aromatic rings. The van der Waals surface area contributed by atoms with Gasteiger partial charge in [-0.2, -0.15) is 0 Å². The number of allylic oxidation sites excluding steroid dienone is 3. The topological polar surface area (TPSA) is 0 Å². The molecule has 0 amide bonds. The van der Waals surface area contributed by atoms with E-state index in [0.29, 0.717) is 0 Å². The van der Waals surface area contributed by atoms with Gasteiger partial charge in [0.25, 0.3) is 0 Å². The van der Waals surface area contributed by atoms with E-state index in [1.165, 1.54) is 24.8 Å². The average molecular weight is 120 g/mol. The summed E-state index contributed by atoms with van der Waals surface area (Å²) in [6.45, 7) is 4.05. The fourth-order valence-electron chi connectivity index (χ4n) is 1.83. The molecule has 0 aromatic heterocycles. The monoisotopic (exact) mass is 120 g/mol. The molecule has 0 radical (unpaired) electrons. The molecule has 0 aromatic carbocycles. The van der Waals surface area contributed by atoms with Crippen molar-refractivity contribution >= 4 is 0 Å². The zero-order chi connectivity index (χ0) is 6.27. The van der Waals surface area contributed by atoms with Crippen LogP contribution in [0.2, 0.25) is 0 Å². The summed E-state index contributed by atoms with van der Waals surface area (Å²) in [5.74, 6) is 1.66. The maximum atomic E-state index is 4.05. The van der Waals surface area contributed by atoms with Crippen LogP contribution in [-0.2, 0) is 0 Å². The summed E-state index contributed by atoms with van der Waals surface area (Å²) in [6.07, 6.45) is 8.66. The van der Waals surface area contributed by atoms with E-state index in [1.807, 2.05) is 0 Å². The van der Waals surface area contributed by atoms with Gasteiger partial charge in [-0.3, -0.25) is 0 Å². The maximum absolute atomic E-state index is 4.05. The highest BCUT2D eigenvalue weighted by Crippen LogP contribution is 2.40. The number of hydrogen-bond acceptors (Lipinski definition) is 0. The summed E-state index contributed by atoms with van der Waals surface area (Å²) in [7, 11) is 0. The molecule has 0 unspecified atom stereocenters. The summed E-state index contributed by atoms with van der Waals surface area (Å²) in [5.41, 5.74) is 1.47. The largest absolute Gasteiger partial charge is 0.0992 e. The fraction of sp³-hybridized carbons (Fsp3) is 0.556. The van der Waals surface area contributed by atoms with Crippen LogP contribution in [0, 0.1) is 11.8 Å². The fourth-order valence-corrected chi connectivity index (χ4v) is 1.83. The zero-order valence-electron chi connectivity index (χ0n) is 5.64. The third-order valence-electron chi connectivity index (χ3n) is 2.53. The first-order valence-electron chi connectivity index (χ1n) is 3.74. The molecule has 2 aliphatic rings. The Balaban J connectivity index is 2.16. The predicted molar refractivity (Wildman–Crippen MR) is 39.1 cm³/mol. The molecule has 1 fully saturated rings. The van der Waals surface area contributed by atoms with Crippen molar-refractivity contribution < 1.29 is 0 Å². The Labute approximate surface area is 56.3 Å². The SMILES string of the molecule is C=C1CCC[C@@H]2C=C[C@H]12. The number of hydrogen-bond donors (Lipinski definition) is 0. The second kappa shape index (κ2) is 1.73. The number of rotatable bonds is 0. The molecular formula is C9H12. The number of fused-ring (bicyclic) bond motifs is 1. The van der Waals surface area contributed by atoms with E-state index in [4.69, 9.17) is 0 Å². The summed E-state index contributed by atoms with van der Waals surface area (Å²) in [4.78, 5) is 0. The second-order valence-electron chi connectivity index (χ2n) is 3.13. The van der Waals surface area contributed by atoms with E-state index in [1.54, 1.807) is 0 Å². The van der Waals surface area contributed by atoms with Crippen molar-refractivity contribution in [2.24, 2.45) is 11.8 Å². The summed E-state index contributed by atoms with van der Waals surface area (Å²) < 4.78 is 0. The Morgan fingerprint density at radius 2 is 2.33 bits per heavy atom. The molecule has 48 valence electrons. The molecule has 2 aliphatic carbocycles. The Morgan fingerprint density at radius 1 is 1.44 bits per heavy atom. The van der Waals surface area contributed by atoms with Gasteiger partial charge in [0.05, 0.1) is 0 Å². The van der Waals surface area contributed by atoms with Crippen LogP contribution >= 0.6 is 0 Å². The lowest BCUT2D eigenvalue weighted by Crippen LogP contribution is -2.24. The third-order valence-corrected chi connectivity index (χ3v) is 2.53. The minimum atomic E-state index is 0.777. The van der Waals surface area contributed by atoms with Gasteiger partial charge < -0.3 is 0 Å². The smallest absolute Gasteiger partial charge is 0.00370 e. The normalized spacial score (nSPS) is 39.8. The van der Waals surface area contributed by atoms with Gasteiger partial charge in [-0.25, -0.2) is 0 Å². The lowest BCUT2D eigenvalue weighted by Gasteiger charge is -2.35. The van der Waals surface area contributed by atoms with Gasteiger partial charge in [0.2, 0.25) is 0 Å². The Morgan fingerprint density at radius 3 is 2.78 bits per heavy atom. The summed E-state index contributed by atoms with van der Waals surface area (Å²) in [5, 5.41) is 0. The first-order valence-corrected chi connectivity index (χ1v) is 3.74. The first kappa shape index (κ1) is 5.28. The van der Waals surface area contributed by atoms with E-state index in [2.05, 4.69) is 18.7 Å². The lowest BCUT2D eigenvalue weighted by molar-refractivity contribution is 0.381. The molecule has 9 heavy (non-hydrogen) atoms. The molecule has 0 bridgehead atoms. The average Bonchev–Trinajstić information content (AvgIpc) is 1.74. The molecule has 0 nitrogen and oxygen atoms in total. The minimum Gasteiger partial charge on any atom is -0.0992 e. The molecule has 0 heteroatoms. The van der Waals surface area contributed by atoms with Gasteiger partial charge in [0.1, 0.15) is 0 Å². The molecule has 2 rings (SSSR count). The lowest BCUT2D eigenvalue weighted by atomic mass is 9.70. The standard InChI is InChI=1S/C9H12/c1-7-3-2-4-8-5-6-9(7)8/h5-6,8-9H,1-4H2/t8-,9-/m1/s1. The highest BCUT2D eigenvalue weighted by Gasteiger charge is 2.28. The third kappa shape index (κ3) is 0.658. The summed E-state index contributed by atoms with van der Waals surface area (Å²) >= 11 is 0. The van der Waals surface area contributed by atoms with Gasteiger partial charge in [0.15, 0.2) is 0 Å². The van der Waals surface area contributed by atoms with Gasteiger partial charge in [-0.1, -0.05) is 24.3 Å². The molecule has 2 atom stereocenters. The van der Waals surface area contributed by atoms with E-state index in [0.717, 1.165) is 11.8 Å². The van der Waals surface area contributed by atoms with Crippen molar-refractivity contribution in [2.75, 3.05) is 0 Å². The van der Waals surface area contributed by atoms with Gasteiger partial charge in [-0.05, 0) is 25.2 Å². The molecule has 0 N–H and O–H groups in total. The molecule has 0 heterocycles. The van der Waals surface area contributed by atoms with E-state index >= 15 is 0 Å². The van der Waals surface area contributed by atoms with Crippen LogP contribution in [-0.4, -0.2) is 0 Å². The van der Waals surface area contributed by atoms with Crippen molar-refractivity contribution in [3.05, 3.63) is 24.3 Å². The first-order chi connectivity index (χ1) is 4.38. The Hall–Kier alpha value is -0.520. The summed E-state index contributed by atoms with van der Waals surface area (Å²) in [6, 6.07) is 0. The van der Waals surface area contributed by atoms with E-state index in [9.17, 15) is 0 Å². The molecule has 0 saturated heterocycles. The molecule has 1 saturated carbocycles. The van der Waals surface area contributed by atoms with E-state index < -0.39 is 0 Å². The van der Waals surface area contributed by atoms with Gasteiger partial charge in [0, 0.05) is 5.92 Å². The van der Waals surface area contributed by atoms with Gasteiger partial charge in [-0.15, -0.1) is 0 Å². The van der Waals surface area contributed by atoms with Crippen LogP contribution in [0.4, 0.5) is 0 Å². The zero-order valence-corrected chi connectivity index (χ0v) is 5.64. The molecule has 0 aliphatic heterocycles. The van der Waals surface area contributed by atoms with Gasteiger partial charge >= 0.3 is 0 Å². The highest BCUT2D eigenvalue weighted by molar-refractivity contribution is 5.24. The van der Waals surface area contributed by atoms with Crippen molar-refractivity contribution in [3.63, 3.8) is 0 Å². The van der Waals surface area contributed by atoms with Crippen LogP contribution < -0.4 is 0 Å². The predicted octanol–water partition coefficient (Wildman–Crippen LogP) is 2.53. The highest BCUT2D eigenvalue weighted by atomic mass is 14.3. The minimum absolute atomic E-state index is 0.777. The van der Waals surface area contributed by atoms with Crippen molar-refractivity contribution in [1.29, 1.82) is 0 Å².